The van der Waals surface area contributed by atoms with E-state index in [1.54, 1.807) is 48.8 Å². The zero-order valence-corrected chi connectivity index (χ0v) is 32.6. The predicted octanol–water partition coefficient (Wildman–Crippen LogP) is 7.02. The molecule has 0 radical (unpaired) electrons. The van der Waals surface area contributed by atoms with Gasteiger partial charge in [-0.3, -0.25) is 9.79 Å². The largest absolute Gasteiger partial charge is 0.508 e. The second-order valence-corrected chi connectivity index (χ2v) is 18.1. The average Bonchev–Trinajstić information content (AvgIpc) is 3.94. The highest BCUT2D eigenvalue weighted by Crippen LogP contribution is 2.69. The number of phenols is 1. The summed E-state index contributed by atoms with van der Waals surface area (Å²) in [5, 5.41) is 38.7. The Bertz CT molecular complexity index is 1990. The van der Waals surface area contributed by atoms with E-state index in [-0.39, 0.29) is 58.7 Å². The van der Waals surface area contributed by atoms with Crippen molar-refractivity contribution in [1.82, 2.24) is 5.32 Å². The Kier molecular flexibility index (Phi) is 11.0. The number of Topliss-reactive ketones (excluding diaryl/α,β-unsaturated/α-hetero) is 1. The summed E-state index contributed by atoms with van der Waals surface area (Å²) in [4.78, 5) is 23.3. The van der Waals surface area contributed by atoms with Crippen LogP contribution >= 0.6 is 22.7 Å². The minimum atomic E-state index is -0.575. The van der Waals surface area contributed by atoms with Gasteiger partial charge in [-0.15, -0.1) is 28.6 Å². The van der Waals surface area contributed by atoms with Crippen LogP contribution in [0.25, 0.3) is 9.75 Å². The van der Waals surface area contributed by atoms with Gasteiger partial charge in [-0.05, 0) is 130 Å². The van der Waals surface area contributed by atoms with Crippen molar-refractivity contribution in [2.45, 2.75) is 90.2 Å². The molecule has 10 heteroatoms. The number of benzene rings is 1. The van der Waals surface area contributed by atoms with Crippen LogP contribution in [-0.2, 0) is 6.42 Å². The van der Waals surface area contributed by atoms with Crippen molar-refractivity contribution in [3.63, 3.8) is 0 Å². The van der Waals surface area contributed by atoms with Gasteiger partial charge >= 0.3 is 0 Å². The summed E-state index contributed by atoms with van der Waals surface area (Å²) in [7, 11) is 1.68. The molecule has 2 spiro atoms. The molecule has 4 aliphatic rings. The summed E-state index contributed by atoms with van der Waals surface area (Å²) in [6.45, 7) is 4.06. The van der Waals surface area contributed by atoms with Crippen LogP contribution in [0.3, 0.4) is 0 Å². The highest BCUT2D eigenvalue weighted by Gasteiger charge is 2.63. The Labute approximate surface area is 321 Å². The Morgan fingerprint density at radius 2 is 1.96 bits per heavy atom. The quantitative estimate of drug-likeness (QED) is 0.0629. The monoisotopic (exact) mass is 752 g/mol. The van der Waals surface area contributed by atoms with Crippen molar-refractivity contribution >= 4 is 40.1 Å². The molecule has 3 bridgehead atoms. The number of guanidine groups is 1. The summed E-state index contributed by atoms with van der Waals surface area (Å²) in [5.74, 6) is 14.5. The van der Waals surface area contributed by atoms with Gasteiger partial charge in [0.1, 0.15) is 5.75 Å². The number of aliphatic hydroxyl groups is 2. The first-order valence-electron chi connectivity index (χ1n) is 19.1. The van der Waals surface area contributed by atoms with Gasteiger partial charge in [0.2, 0.25) is 0 Å². The Hall–Kier alpha value is -3.80. The number of ketones is 1. The van der Waals surface area contributed by atoms with Crippen LogP contribution in [0.15, 0.2) is 41.4 Å². The van der Waals surface area contributed by atoms with E-state index in [1.165, 1.54) is 0 Å². The lowest BCUT2D eigenvalue weighted by Gasteiger charge is -2.48. The first kappa shape index (κ1) is 37.5. The molecule has 8 atom stereocenters. The van der Waals surface area contributed by atoms with Gasteiger partial charge in [0.25, 0.3) is 0 Å². The molecule has 280 valence electrons. The van der Waals surface area contributed by atoms with E-state index in [1.807, 2.05) is 13.0 Å². The number of hydrogen-bond donors (Lipinski definition) is 6. The molecule has 8 nitrogen and oxygen atoms in total. The molecule has 53 heavy (non-hydrogen) atoms. The van der Waals surface area contributed by atoms with Crippen LogP contribution in [0.4, 0.5) is 5.69 Å². The molecule has 0 unspecified atom stereocenters. The number of nitrogens with two attached hydrogens (primary N) is 1. The molecule has 0 aliphatic heterocycles. The number of hydrogen-bond acceptors (Lipinski definition) is 8. The van der Waals surface area contributed by atoms with Crippen molar-refractivity contribution in [2.75, 3.05) is 25.5 Å². The summed E-state index contributed by atoms with van der Waals surface area (Å²) < 4.78 is 0. The van der Waals surface area contributed by atoms with Crippen LogP contribution in [0.2, 0.25) is 0 Å². The number of anilines is 1. The molecule has 4 aliphatic carbocycles. The Morgan fingerprint density at radius 1 is 1.15 bits per heavy atom. The molecule has 3 saturated carbocycles. The number of aromatic hydroxyl groups is 1. The summed E-state index contributed by atoms with van der Waals surface area (Å²) in [5.41, 5.74) is 8.51. The van der Waals surface area contributed by atoms with Crippen LogP contribution in [0.5, 0.6) is 5.75 Å². The zero-order chi connectivity index (χ0) is 37.3. The van der Waals surface area contributed by atoms with Crippen molar-refractivity contribution < 1.29 is 20.1 Å². The molecule has 2 heterocycles. The highest BCUT2D eigenvalue weighted by molar-refractivity contribution is 7.23. The van der Waals surface area contributed by atoms with Crippen LogP contribution in [0.1, 0.15) is 97.3 Å². The third-order valence-corrected chi connectivity index (χ3v) is 15.1. The van der Waals surface area contributed by atoms with Gasteiger partial charge in [0, 0.05) is 54.4 Å². The predicted molar refractivity (Wildman–Crippen MR) is 215 cm³/mol. The standard InChI is InChI=1S/C43H52N4O4S2/c1-4-7-32-12-14-37(52-32)38-15-16-39(53-38)40(51)34-13-11-27-21-42(34)22-29(43(25-42)17-6-9-30(43)24-48)8-5-10-33-28(19-35(27)47-41(44)45-3)18-31(50)20-36(33)46-23-26(2)49/h12,14-16,18,20,26-27,29-30,34-35,46,48-50H,6,8-9,11,13,17,19,21-25H2,1-3H3,(H3,44,45,47)/t26-,27-,29+,30-,34+,35+,42-,43+/m0/s1. The zero-order valence-electron chi connectivity index (χ0n) is 31.0. The van der Waals surface area contributed by atoms with Gasteiger partial charge in [-0.2, -0.15) is 0 Å². The molecular formula is C43H52N4O4S2. The summed E-state index contributed by atoms with van der Waals surface area (Å²) in [6, 6.07) is 11.7. The van der Waals surface area contributed by atoms with Crippen LogP contribution < -0.4 is 16.4 Å². The molecule has 0 saturated heterocycles. The number of thiophene rings is 2. The summed E-state index contributed by atoms with van der Waals surface area (Å²) in [6.07, 6.45) is 8.12. The van der Waals surface area contributed by atoms with Crippen molar-refractivity contribution in [2.24, 2.45) is 45.2 Å². The minimum Gasteiger partial charge on any atom is -0.508 e. The van der Waals surface area contributed by atoms with E-state index in [0.29, 0.717) is 31.0 Å². The second-order valence-electron chi connectivity index (χ2n) is 15.9. The lowest BCUT2D eigenvalue weighted by atomic mass is 9.57. The molecule has 3 aromatic rings. The molecule has 7 N–H and O–H groups in total. The number of nitrogens with one attached hydrogen (secondary N) is 2. The average molecular weight is 753 g/mol. The number of rotatable bonds is 8. The van der Waals surface area contributed by atoms with E-state index in [4.69, 9.17) is 5.73 Å². The molecule has 3 fully saturated rings. The number of fused-ring (bicyclic) bond motifs is 4. The van der Waals surface area contributed by atoms with Gasteiger partial charge in [-0.1, -0.05) is 24.2 Å². The van der Waals surface area contributed by atoms with E-state index < -0.39 is 6.10 Å². The molecule has 2 aromatic heterocycles. The third-order valence-electron chi connectivity index (χ3n) is 12.8. The number of aliphatic hydroxyl groups excluding tert-OH is 2. The molecular weight excluding hydrogens is 701 g/mol. The van der Waals surface area contributed by atoms with Gasteiger partial charge in [0.05, 0.1) is 27.1 Å². The van der Waals surface area contributed by atoms with Gasteiger partial charge in [0.15, 0.2) is 11.7 Å². The fourth-order valence-electron chi connectivity index (χ4n) is 10.6. The first-order valence-corrected chi connectivity index (χ1v) is 20.7. The van der Waals surface area contributed by atoms with Crippen molar-refractivity contribution in [3.05, 3.63) is 57.3 Å². The number of aliphatic imine (C=N–C) groups is 1. The fraction of sp³-hybridized carbons (Fsp3) is 0.535. The molecule has 0 amide bonds. The van der Waals surface area contributed by atoms with Gasteiger partial charge in [-0.25, -0.2) is 0 Å². The number of carbonyl (C=O) groups is 1. The SMILES string of the molecule is CC#Cc1ccc(-c2ccc(C(=O)[C@H]3CC[C@H]4C[C@@]35C[C@@H](CC#Cc3c(cc(O)cc3NC[C@H](C)O)C[C@H]4NC(N)=NC)[C@@]3(CCC[C@H]3CO)C5)s2)s1. The number of nitrogens with zero attached hydrogens (tertiary/aromatic N) is 1. The number of carbonyl (C=O) groups excluding carboxylic acids is 1. The fourth-order valence-corrected chi connectivity index (χ4v) is 12.6. The van der Waals surface area contributed by atoms with E-state index in [0.717, 1.165) is 82.0 Å². The van der Waals surface area contributed by atoms with Gasteiger partial charge < -0.3 is 31.7 Å². The van der Waals surface area contributed by atoms with Crippen molar-refractivity contribution in [1.29, 1.82) is 0 Å². The second kappa shape index (κ2) is 15.5. The smallest absolute Gasteiger partial charge is 0.188 e. The molecule has 1 aromatic carbocycles. The third kappa shape index (κ3) is 7.36. The van der Waals surface area contributed by atoms with Crippen LogP contribution in [0, 0.1) is 58.2 Å². The maximum Gasteiger partial charge on any atom is 0.188 e. The number of phenolic OH excluding ortho intramolecular Hbond substituents is 1. The highest BCUT2D eigenvalue weighted by atomic mass is 32.1. The Morgan fingerprint density at radius 3 is 2.74 bits per heavy atom. The minimum absolute atomic E-state index is 0.0792. The maximum absolute atomic E-state index is 14.9. The maximum atomic E-state index is 14.9. The van der Waals surface area contributed by atoms with Crippen molar-refractivity contribution in [3.8, 4) is 39.2 Å². The Balaban J connectivity index is 1.31. The molecule has 7 rings (SSSR count). The lowest BCUT2D eigenvalue weighted by Crippen LogP contribution is -2.50. The first-order chi connectivity index (χ1) is 25.6. The van der Waals surface area contributed by atoms with E-state index in [2.05, 4.69) is 57.5 Å². The lowest BCUT2D eigenvalue weighted by molar-refractivity contribution is 0.0241. The topological polar surface area (TPSA) is 140 Å². The summed E-state index contributed by atoms with van der Waals surface area (Å²) >= 11 is 3.26. The van der Waals surface area contributed by atoms with E-state index >= 15 is 0 Å². The normalized spacial score (nSPS) is 29.8. The van der Waals surface area contributed by atoms with Crippen LogP contribution in [-0.4, -0.2) is 59.4 Å². The van der Waals surface area contributed by atoms with E-state index in [9.17, 15) is 20.1 Å².